The maximum atomic E-state index is 10.7. The van der Waals surface area contributed by atoms with Crippen LogP contribution in [-0.2, 0) is 41.6 Å². The van der Waals surface area contributed by atoms with Gasteiger partial charge in [0.05, 0.1) is 0 Å². The molecule has 70 heavy (non-hydrogen) atoms. The van der Waals surface area contributed by atoms with Gasteiger partial charge in [0.1, 0.15) is 36.3 Å². The molecule has 0 bridgehead atoms. The van der Waals surface area contributed by atoms with Gasteiger partial charge in [-0.2, -0.15) is 0 Å². The summed E-state index contributed by atoms with van der Waals surface area (Å²) >= 11 is 0. The summed E-state index contributed by atoms with van der Waals surface area (Å²) in [7, 11) is 1.65. The number of fused-ring (bicyclic) bond motifs is 1. The number of carboxylic acids is 6. The van der Waals surface area contributed by atoms with Gasteiger partial charge in [0.15, 0.2) is 5.96 Å². The van der Waals surface area contributed by atoms with Gasteiger partial charge in [0.25, 0.3) is 0 Å². The van der Waals surface area contributed by atoms with Gasteiger partial charge in [0.2, 0.25) is 0 Å². The Labute approximate surface area is 409 Å². The fraction of sp³-hybridized carbons (Fsp3) is 0.553. The molecule has 23 heteroatoms. The summed E-state index contributed by atoms with van der Waals surface area (Å²) in [5.74, 6) is -4.94. The molecule has 0 amide bonds. The summed E-state index contributed by atoms with van der Waals surface area (Å²) in [6.07, 6.45) is 13.6. The van der Waals surface area contributed by atoms with Gasteiger partial charge in [-0.1, -0.05) is 74.2 Å². The molecule has 3 aromatic rings. The Bertz CT molecular complexity index is 1980. The van der Waals surface area contributed by atoms with E-state index < -0.39 is 66.0 Å². The second-order valence-corrected chi connectivity index (χ2v) is 16.8. The zero-order chi connectivity index (χ0) is 53.2. The number of hydrogen-bond donors (Lipinski definition) is 17. The van der Waals surface area contributed by atoms with Crippen molar-refractivity contribution >= 4 is 52.7 Å². The lowest BCUT2D eigenvalue weighted by molar-refractivity contribution is -0.140. The number of carbonyl (C=O) groups is 6. The van der Waals surface area contributed by atoms with Crippen LogP contribution in [0.4, 0.5) is 0 Å². The van der Waals surface area contributed by atoms with Crippen LogP contribution in [0.15, 0.2) is 60.8 Å². The van der Waals surface area contributed by atoms with Crippen molar-refractivity contribution < 1.29 is 59.4 Å². The van der Waals surface area contributed by atoms with Crippen molar-refractivity contribution in [2.45, 2.75) is 139 Å². The normalized spacial score (nSPS) is 16.5. The first-order valence-electron chi connectivity index (χ1n) is 23.2. The number of para-hydroxylation sites is 1. The molecule has 1 aromatic heterocycles. The van der Waals surface area contributed by atoms with Crippen LogP contribution in [0.1, 0.15) is 95.1 Å². The summed E-state index contributed by atoms with van der Waals surface area (Å²) < 4.78 is 0. The van der Waals surface area contributed by atoms with Crippen molar-refractivity contribution in [3.63, 3.8) is 0 Å². The standard InChI is InChI=1S/C12H24N4O2.C11H12N2O2.C10H13NO2.C6H14N2O2.C5H9NO2.C3H7NO2/c13-9(11(17)18)6-7-10(16-12(14)15)8-4-2-1-3-5-8;12-9(11(14)15)5-7-6-13-10-4-2-1-3-8(7)10;1-11-9(10(12)13)7-8-5-3-2-4-6-8;7-4-2-1-3-5(8)6(9)10;7-5(8)4-2-1-3-6-4;1-2(4)3(5)6/h8-10H,1-7,13H2,(H,17,18)(H4,14,15,16);1-4,6,9,13H,5,12H2,(H,14,15);2-6,9,11H,7H2,1H3,(H,12,13);5H,1-4,7-8H2,(H,9,10);4,6H,1-3H2,(H,7,8);2H,4H2,1H3,(H,5,6)/t9-,10?;2*9-;5-;4-;2-/m100000/s1. The Morgan fingerprint density at radius 2 is 1.26 bits per heavy atom. The first kappa shape index (κ1) is 63.8. The minimum atomic E-state index is -0.972. The van der Waals surface area contributed by atoms with E-state index in [4.69, 9.17) is 70.5 Å². The molecule has 23 N–H and O–H groups in total. The number of unbranched alkanes of at least 4 members (excludes halogenated alkanes) is 1. The van der Waals surface area contributed by atoms with E-state index in [9.17, 15) is 28.8 Å². The maximum Gasteiger partial charge on any atom is 0.321 e. The molecule has 1 aliphatic carbocycles. The lowest BCUT2D eigenvalue weighted by Gasteiger charge is -2.31. The maximum absolute atomic E-state index is 10.7. The number of hydrogen-bond acceptors (Lipinski definition) is 14. The number of carboxylic acid groups (broad SMARTS) is 6. The van der Waals surface area contributed by atoms with Crippen LogP contribution in [0, 0.1) is 11.3 Å². The highest BCUT2D eigenvalue weighted by Crippen LogP contribution is 2.28. The van der Waals surface area contributed by atoms with Crippen molar-refractivity contribution in [3.8, 4) is 0 Å². The molecule has 2 aliphatic rings. The molecular formula is C47H79N11O12. The summed E-state index contributed by atoms with van der Waals surface area (Å²) in [6, 6.07) is 13.5. The Morgan fingerprint density at radius 1 is 0.700 bits per heavy atom. The quantitative estimate of drug-likeness (QED) is 0.0432. The lowest BCUT2D eigenvalue weighted by atomic mass is 9.82. The highest BCUT2D eigenvalue weighted by atomic mass is 16.4. The van der Waals surface area contributed by atoms with E-state index in [2.05, 4.69) is 20.9 Å². The Morgan fingerprint density at radius 3 is 1.71 bits per heavy atom. The molecule has 7 atom stereocenters. The number of guanidine groups is 1. The number of benzene rings is 2. The zero-order valence-electron chi connectivity index (χ0n) is 40.3. The summed E-state index contributed by atoms with van der Waals surface area (Å²) in [4.78, 5) is 64.9. The number of nitrogens with two attached hydrogens (primary N) is 6. The van der Waals surface area contributed by atoms with Crippen molar-refractivity contribution in [2.24, 2.45) is 40.3 Å². The molecule has 1 saturated heterocycles. The van der Waals surface area contributed by atoms with E-state index in [-0.39, 0.29) is 18.0 Å². The third-order valence-corrected chi connectivity index (χ3v) is 11.1. The van der Waals surface area contributed by atoms with Gasteiger partial charge in [-0.05, 0) is 108 Å². The Kier molecular flexibility index (Phi) is 33.5. The average molecular weight is 990 g/mol. The third kappa shape index (κ3) is 29.0. The highest BCUT2D eigenvalue weighted by Gasteiger charge is 2.25. The fourth-order valence-electron chi connectivity index (χ4n) is 6.96. The number of rotatable bonds is 20. The topological polar surface area (TPSA) is 456 Å². The van der Waals surface area contributed by atoms with Crippen LogP contribution in [0.2, 0.25) is 0 Å². The number of aliphatic carboxylic acids is 6. The zero-order valence-corrected chi connectivity index (χ0v) is 40.3. The van der Waals surface area contributed by atoms with Gasteiger partial charge < -0.3 is 86.0 Å². The summed E-state index contributed by atoms with van der Waals surface area (Å²) in [5, 5.41) is 67.7. The van der Waals surface area contributed by atoms with Crippen molar-refractivity contribution in [2.75, 3.05) is 20.1 Å². The van der Waals surface area contributed by atoms with Gasteiger partial charge in [-0.25, -0.2) is 0 Å². The molecule has 23 nitrogen and oxygen atoms in total. The molecule has 394 valence electrons. The van der Waals surface area contributed by atoms with E-state index in [0.717, 1.165) is 67.1 Å². The predicted molar refractivity (Wildman–Crippen MR) is 267 cm³/mol. The first-order valence-corrected chi connectivity index (χ1v) is 23.2. The van der Waals surface area contributed by atoms with Crippen LogP contribution in [0.3, 0.4) is 0 Å². The van der Waals surface area contributed by atoms with Crippen molar-refractivity contribution in [1.82, 2.24) is 20.9 Å². The molecule has 1 unspecified atom stereocenters. The SMILES string of the molecule is CN[C@@H](Cc1ccccc1)C(=O)O.C[C@H](N)C(=O)O.N=C(N)NC(CC[C@@H](N)C(=O)O)C1CCCCC1.NCCCC[C@H](N)C(=O)O.N[C@@H](Cc1c[nH]c2ccccc12)C(=O)O.O=C(O)[C@@H]1CCCN1. The Balaban J connectivity index is 0.000000843. The van der Waals surface area contributed by atoms with Gasteiger partial charge in [-0.15, -0.1) is 0 Å². The predicted octanol–water partition coefficient (Wildman–Crippen LogP) is 1.40. The highest BCUT2D eigenvalue weighted by molar-refractivity contribution is 5.84. The van der Waals surface area contributed by atoms with Gasteiger partial charge >= 0.3 is 35.8 Å². The van der Waals surface area contributed by atoms with Crippen LogP contribution < -0.4 is 50.4 Å². The molecule has 1 saturated carbocycles. The molecule has 0 radical (unpaired) electrons. The van der Waals surface area contributed by atoms with Gasteiger partial charge in [0, 0.05) is 29.6 Å². The van der Waals surface area contributed by atoms with Crippen LogP contribution in [0.5, 0.6) is 0 Å². The van der Waals surface area contributed by atoms with E-state index >= 15 is 0 Å². The van der Waals surface area contributed by atoms with E-state index in [1.54, 1.807) is 7.05 Å². The first-order chi connectivity index (χ1) is 33.0. The van der Waals surface area contributed by atoms with E-state index in [1.165, 1.54) is 26.2 Å². The summed E-state index contributed by atoms with van der Waals surface area (Å²) in [6.45, 7) is 2.88. The summed E-state index contributed by atoms with van der Waals surface area (Å²) in [5.41, 5.74) is 34.6. The number of nitrogens with one attached hydrogen (secondary N) is 5. The molecule has 2 fully saturated rings. The molecular weight excluding hydrogens is 911 g/mol. The Hall–Kier alpha value is -6.21. The fourth-order valence-corrected chi connectivity index (χ4v) is 6.96. The third-order valence-electron chi connectivity index (χ3n) is 11.1. The van der Waals surface area contributed by atoms with Crippen molar-refractivity contribution in [1.29, 1.82) is 5.41 Å². The molecule has 5 rings (SSSR count). The minimum Gasteiger partial charge on any atom is -0.480 e. The van der Waals surface area contributed by atoms with Crippen LogP contribution >= 0.6 is 0 Å². The van der Waals surface area contributed by atoms with Crippen LogP contribution in [0.25, 0.3) is 10.9 Å². The van der Waals surface area contributed by atoms with Gasteiger partial charge in [-0.3, -0.25) is 34.2 Å². The molecule has 0 spiro atoms. The monoisotopic (exact) mass is 990 g/mol. The number of H-pyrrole nitrogens is 1. The number of aromatic nitrogens is 1. The second-order valence-electron chi connectivity index (χ2n) is 16.8. The molecule has 2 aromatic carbocycles. The number of aromatic amines is 1. The minimum absolute atomic E-state index is 0.0468. The van der Waals surface area contributed by atoms with E-state index in [1.807, 2.05) is 60.8 Å². The van der Waals surface area contributed by atoms with E-state index in [0.29, 0.717) is 44.6 Å². The van der Waals surface area contributed by atoms with Crippen molar-refractivity contribution in [3.05, 3.63) is 71.9 Å². The molecule has 2 heterocycles. The van der Waals surface area contributed by atoms with Crippen LogP contribution in [-0.4, -0.2) is 140 Å². The second kappa shape index (κ2) is 36.7. The lowest BCUT2D eigenvalue weighted by Crippen LogP contribution is -2.45. The average Bonchev–Trinajstić information content (AvgIpc) is 4.02. The molecule has 1 aliphatic heterocycles. The number of likely N-dealkylation sites (N-methyl/N-ethyl adjacent to an activating group) is 1. The smallest absolute Gasteiger partial charge is 0.321 e. The largest absolute Gasteiger partial charge is 0.480 e.